The van der Waals surface area contributed by atoms with Gasteiger partial charge in [0.15, 0.2) is 6.04 Å². The highest BCUT2D eigenvalue weighted by Gasteiger charge is 2.23. The smallest absolute Gasteiger partial charge is 0.332 e. The highest BCUT2D eigenvalue weighted by Crippen LogP contribution is 2.25. The number of benzene rings is 2. The fraction of sp³-hybridized carbons (Fsp3) is 0.222. The Bertz CT molecular complexity index is 741. The Hall–Kier alpha value is -2.82. The van der Waals surface area contributed by atoms with E-state index in [1.54, 1.807) is 25.1 Å². The van der Waals surface area contributed by atoms with Crippen LogP contribution >= 0.6 is 0 Å². The number of rotatable bonds is 5. The predicted molar refractivity (Wildman–Crippen MR) is 89.3 cm³/mol. The SMILES string of the molecule is COC(=O)C(Nc1ccc(C(N)=O)c(C)c1)c1ccccc1C. The first-order chi connectivity index (χ1) is 10.9. The number of hydrogen-bond acceptors (Lipinski definition) is 4. The van der Waals surface area contributed by atoms with Crippen LogP contribution in [0.3, 0.4) is 0 Å². The van der Waals surface area contributed by atoms with Crippen LogP contribution in [0.5, 0.6) is 0 Å². The van der Waals surface area contributed by atoms with Crippen LogP contribution in [0, 0.1) is 13.8 Å². The number of amides is 1. The Morgan fingerprint density at radius 1 is 1.09 bits per heavy atom. The monoisotopic (exact) mass is 312 g/mol. The lowest BCUT2D eigenvalue weighted by molar-refractivity contribution is -0.141. The van der Waals surface area contributed by atoms with Crippen molar-refractivity contribution in [1.29, 1.82) is 0 Å². The molecule has 2 aromatic carbocycles. The third-order valence-corrected chi connectivity index (χ3v) is 3.74. The highest BCUT2D eigenvalue weighted by molar-refractivity contribution is 5.94. The highest BCUT2D eigenvalue weighted by atomic mass is 16.5. The number of hydrogen-bond donors (Lipinski definition) is 2. The molecule has 0 bridgehead atoms. The maximum atomic E-state index is 12.2. The lowest BCUT2D eigenvalue weighted by Gasteiger charge is -2.20. The van der Waals surface area contributed by atoms with Crippen LogP contribution in [-0.2, 0) is 9.53 Å². The van der Waals surface area contributed by atoms with E-state index in [0.717, 1.165) is 16.7 Å². The van der Waals surface area contributed by atoms with Gasteiger partial charge in [-0.25, -0.2) is 4.79 Å². The molecule has 1 amide bonds. The van der Waals surface area contributed by atoms with Gasteiger partial charge in [-0.05, 0) is 48.7 Å². The number of anilines is 1. The summed E-state index contributed by atoms with van der Waals surface area (Å²) >= 11 is 0. The third-order valence-electron chi connectivity index (χ3n) is 3.74. The Balaban J connectivity index is 2.36. The molecule has 23 heavy (non-hydrogen) atoms. The molecule has 0 spiro atoms. The number of ether oxygens (including phenoxy) is 1. The third kappa shape index (κ3) is 3.69. The Morgan fingerprint density at radius 3 is 2.35 bits per heavy atom. The molecule has 1 unspecified atom stereocenters. The molecule has 0 aliphatic carbocycles. The fourth-order valence-electron chi connectivity index (χ4n) is 2.49. The van der Waals surface area contributed by atoms with E-state index >= 15 is 0 Å². The van der Waals surface area contributed by atoms with Gasteiger partial charge < -0.3 is 15.8 Å². The second-order valence-electron chi connectivity index (χ2n) is 5.35. The van der Waals surface area contributed by atoms with Crippen molar-refractivity contribution in [1.82, 2.24) is 0 Å². The van der Waals surface area contributed by atoms with Crippen LogP contribution in [0.2, 0.25) is 0 Å². The van der Waals surface area contributed by atoms with Gasteiger partial charge in [-0.2, -0.15) is 0 Å². The van der Waals surface area contributed by atoms with Gasteiger partial charge in [0, 0.05) is 11.3 Å². The normalized spacial score (nSPS) is 11.6. The van der Waals surface area contributed by atoms with Crippen molar-refractivity contribution in [2.24, 2.45) is 5.73 Å². The van der Waals surface area contributed by atoms with E-state index in [9.17, 15) is 9.59 Å². The lowest BCUT2D eigenvalue weighted by Crippen LogP contribution is -2.23. The maximum absolute atomic E-state index is 12.2. The summed E-state index contributed by atoms with van der Waals surface area (Å²) in [4.78, 5) is 23.5. The Labute approximate surface area is 135 Å². The van der Waals surface area contributed by atoms with Gasteiger partial charge in [0.2, 0.25) is 5.91 Å². The first kappa shape index (κ1) is 16.5. The summed E-state index contributed by atoms with van der Waals surface area (Å²) in [5.74, 6) is -0.853. The molecule has 0 saturated heterocycles. The zero-order valence-corrected chi connectivity index (χ0v) is 13.4. The van der Waals surface area contributed by atoms with Crippen LogP contribution in [0.4, 0.5) is 5.69 Å². The minimum Gasteiger partial charge on any atom is -0.467 e. The molecule has 1 atom stereocenters. The van der Waals surface area contributed by atoms with Crippen molar-refractivity contribution in [3.8, 4) is 0 Å². The van der Waals surface area contributed by atoms with Crippen LogP contribution < -0.4 is 11.1 Å². The van der Waals surface area contributed by atoms with E-state index in [1.165, 1.54) is 7.11 Å². The molecule has 2 rings (SSSR count). The number of carbonyl (C=O) groups is 2. The second kappa shape index (κ2) is 6.96. The lowest BCUT2D eigenvalue weighted by atomic mass is 10.0. The van der Waals surface area contributed by atoms with Gasteiger partial charge >= 0.3 is 5.97 Å². The molecule has 0 aromatic heterocycles. The molecule has 0 aliphatic heterocycles. The summed E-state index contributed by atoms with van der Waals surface area (Å²) in [6.45, 7) is 3.74. The van der Waals surface area contributed by atoms with Crippen molar-refractivity contribution in [2.75, 3.05) is 12.4 Å². The van der Waals surface area contributed by atoms with E-state index < -0.39 is 11.9 Å². The molecule has 120 valence electrons. The first-order valence-corrected chi connectivity index (χ1v) is 7.24. The largest absolute Gasteiger partial charge is 0.467 e. The number of carbonyl (C=O) groups excluding carboxylic acids is 2. The summed E-state index contributed by atoms with van der Waals surface area (Å²) in [6.07, 6.45) is 0. The van der Waals surface area contributed by atoms with E-state index in [4.69, 9.17) is 10.5 Å². The summed E-state index contributed by atoms with van der Waals surface area (Å²) in [5.41, 5.74) is 9.06. The molecule has 2 aromatic rings. The van der Waals surface area contributed by atoms with Gasteiger partial charge in [-0.3, -0.25) is 4.79 Å². The summed E-state index contributed by atoms with van der Waals surface area (Å²) in [5, 5.41) is 3.17. The van der Waals surface area contributed by atoms with Crippen LogP contribution in [-0.4, -0.2) is 19.0 Å². The number of aryl methyl sites for hydroxylation is 2. The molecule has 5 heteroatoms. The minimum absolute atomic E-state index is 0.379. The average Bonchev–Trinajstić information content (AvgIpc) is 2.52. The molecule has 0 radical (unpaired) electrons. The summed E-state index contributed by atoms with van der Waals surface area (Å²) < 4.78 is 4.91. The number of nitrogens with one attached hydrogen (secondary N) is 1. The van der Waals surface area contributed by atoms with Crippen molar-refractivity contribution in [3.63, 3.8) is 0 Å². The van der Waals surface area contributed by atoms with Crippen molar-refractivity contribution < 1.29 is 14.3 Å². The zero-order valence-electron chi connectivity index (χ0n) is 13.4. The molecule has 0 heterocycles. The molecule has 3 N–H and O–H groups in total. The van der Waals surface area contributed by atoms with Crippen molar-refractivity contribution in [3.05, 3.63) is 64.7 Å². The molecular formula is C18H20N2O3. The van der Waals surface area contributed by atoms with Crippen molar-refractivity contribution >= 4 is 17.6 Å². The van der Waals surface area contributed by atoms with Crippen LogP contribution in [0.1, 0.15) is 33.1 Å². The number of nitrogens with two attached hydrogens (primary N) is 1. The summed E-state index contributed by atoms with van der Waals surface area (Å²) in [7, 11) is 1.36. The van der Waals surface area contributed by atoms with Crippen LogP contribution in [0.25, 0.3) is 0 Å². The number of primary amides is 1. The molecule has 0 aliphatic rings. The number of esters is 1. The van der Waals surface area contributed by atoms with E-state index in [0.29, 0.717) is 11.3 Å². The van der Waals surface area contributed by atoms with Gasteiger partial charge in [0.25, 0.3) is 0 Å². The topological polar surface area (TPSA) is 81.4 Å². The predicted octanol–water partition coefficient (Wildman–Crippen LogP) is 2.73. The molecular weight excluding hydrogens is 292 g/mol. The molecule has 0 saturated carbocycles. The summed E-state index contributed by atoms with van der Waals surface area (Å²) in [6, 6.07) is 12.1. The van der Waals surface area contributed by atoms with Gasteiger partial charge in [0.05, 0.1) is 7.11 Å². The van der Waals surface area contributed by atoms with E-state index in [1.807, 2.05) is 31.2 Å². The van der Waals surface area contributed by atoms with Gasteiger partial charge in [0.1, 0.15) is 0 Å². The van der Waals surface area contributed by atoms with Gasteiger partial charge in [-0.1, -0.05) is 24.3 Å². The Morgan fingerprint density at radius 2 is 1.78 bits per heavy atom. The second-order valence-corrected chi connectivity index (χ2v) is 5.35. The Kier molecular flexibility index (Phi) is 5.01. The van der Waals surface area contributed by atoms with Crippen molar-refractivity contribution in [2.45, 2.75) is 19.9 Å². The molecule has 0 fully saturated rings. The van der Waals surface area contributed by atoms with E-state index in [2.05, 4.69) is 5.32 Å². The minimum atomic E-state index is -0.625. The average molecular weight is 312 g/mol. The number of methoxy groups -OCH3 is 1. The van der Waals surface area contributed by atoms with Crippen LogP contribution in [0.15, 0.2) is 42.5 Å². The van der Waals surface area contributed by atoms with E-state index in [-0.39, 0.29) is 5.97 Å². The molecule has 5 nitrogen and oxygen atoms in total. The standard InChI is InChI=1S/C18H20N2O3/c1-11-6-4-5-7-14(11)16(18(22)23-3)20-13-8-9-15(17(19)21)12(2)10-13/h4-10,16,20H,1-3H3,(H2,19,21). The maximum Gasteiger partial charge on any atom is 0.332 e. The zero-order chi connectivity index (χ0) is 17.0. The quantitative estimate of drug-likeness (QED) is 0.832. The first-order valence-electron chi connectivity index (χ1n) is 7.24. The fourth-order valence-corrected chi connectivity index (χ4v) is 2.49. The van der Waals surface area contributed by atoms with Gasteiger partial charge in [-0.15, -0.1) is 0 Å².